The number of carbonyl (C=O) groups is 1. The van der Waals surface area contributed by atoms with Gasteiger partial charge in [0.15, 0.2) is 0 Å². The lowest BCUT2D eigenvalue weighted by molar-refractivity contribution is -0.146. The molecular formula is C26H46N2O2. The first kappa shape index (κ1) is 23.8. The van der Waals surface area contributed by atoms with Gasteiger partial charge in [0, 0.05) is 12.5 Å². The number of hydrogen-bond acceptors (Lipinski definition) is 4. The highest BCUT2D eigenvalue weighted by Crippen LogP contribution is 2.56. The van der Waals surface area contributed by atoms with Crippen molar-refractivity contribution in [3.63, 3.8) is 0 Å². The fourth-order valence-electron chi connectivity index (χ4n) is 6.27. The topological polar surface area (TPSA) is 41.6 Å². The maximum absolute atomic E-state index is 12.6. The molecule has 0 amide bonds. The van der Waals surface area contributed by atoms with E-state index in [1.165, 1.54) is 63.6 Å². The van der Waals surface area contributed by atoms with Gasteiger partial charge in [-0.25, -0.2) is 0 Å². The molecule has 0 unspecified atom stereocenters. The Balaban J connectivity index is 1.44. The summed E-state index contributed by atoms with van der Waals surface area (Å²) in [5.74, 6) is 1.03. The third-order valence-electron chi connectivity index (χ3n) is 8.17. The lowest BCUT2D eigenvalue weighted by Gasteiger charge is -2.50. The summed E-state index contributed by atoms with van der Waals surface area (Å²) in [7, 11) is 0. The van der Waals surface area contributed by atoms with Crippen molar-refractivity contribution in [3.8, 4) is 0 Å². The minimum Gasteiger partial charge on any atom is -0.462 e. The largest absolute Gasteiger partial charge is 0.462 e. The Hall–Kier alpha value is -0.870. The van der Waals surface area contributed by atoms with Gasteiger partial charge in [-0.15, -0.1) is 0 Å². The van der Waals surface area contributed by atoms with Crippen molar-refractivity contribution in [1.82, 2.24) is 10.2 Å². The van der Waals surface area contributed by atoms with E-state index in [-0.39, 0.29) is 18.0 Å². The van der Waals surface area contributed by atoms with Crippen LogP contribution in [0.5, 0.6) is 0 Å². The molecule has 4 heteroatoms. The second-order valence-corrected chi connectivity index (χ2v) is 10.5. The van der Waals surface area contributed by atoms with E-state index in [1.807, 2.05) is 0 Å². The van der Waals surface area contributed by atoms with E-state index in [0.29, 0.717) is 17.3 Å². The Kier molecular flexibility index (Phi) is 8.82. The average molecular weight is 419 g/mol. The van der Waals surface area contributed by atoms with Crippen molar-refractivity contribution in [1.29, 1.82) is 0 Å². The molecule has 2 aliphatic carbocycles. The van der Waals surface area contributed by atoms with Crippen LogP contribution in [0, 0.1) is 23.2 Å². The van der Waals surface area contributed by atoms with Gasteiger partial charge in [-0.1, -0.05) is 45.8 Å². The highest BCUT2D eigenvalue weighted by atomic mass is 16.6. The van der Waals surface area contributed by atoms with Gasteiger partial charge in [-0.3, -0.25) is 4.79 Å². The summed E-state index contributed by atoms with van der Waals surface area (Å²) in [6, 6.07) is 0. The molecule has 0 bridgehead atoms. The smallest absolute Gasteiger partial charge is 0.310 e. The SMILES string of the molecule is C=C1CCC[C@]2(C)C[C@@H]3OC(=O)[C@@H](CNCCCN(CCCC)CCCC)[C@H]3C[C@H]12. The zero-order valence-electron chi connectivity index (χ0n) is 19.9. The number of fused-ring (bicyclic) bond motifs is 2. The number of esters is 1. The predicted molar refractivity (Wildman–Crippen MR) is 124 cm³/mol. The van der Waals surface area contributed by atoms with Gasteiger partial charge in [0.25, 0.3) is 0 Å². The van der Waals surface area contributed by atoms with Crippen LogP contribution in [-0.4, -0.2) is 49.7 Å². The normalized spacial score (nSPS) is 33.5. The van der Waals surface area contributed by atoms with Gasteiger partial charge in [-0.2, -0.15) is 0 Å². The lowest BCUT2D eigenvalue weighted by atomic mass is 9.55. The van der Waals surface area contributed by atoms with E-state index in [4.69, 9.17) is 4.74 Å². The Bertz CT molecular complexity index is 569. The van der Waals surface area contributed by atoms with Crippen molar-refractivity contribution in [2.45, 2.75) is 91.1 Å². The molecule has 0 radical (unpaired) electrons. The molecule has 1 aliphatic heterocycles. The van der Waals surface area contributed by atoms with Crippen LogP contribution in [0.15, 0.2) is 12.2 Å². The van der Waals surface area contributed by atoms with Crippen LogP contribution in [0.25, 0.3) is 0 Å². The summed E-state index contributed by atoms with van der Waals surface area (Å²) in [4.78, 5) is 15.3. The molecule has 1 N–H and O–H groups in total. The van der Waals surface area contributed by atoms with Crippen molar-refractivity contribution < 1.29 is 9.53 Å². The number of unbranched alkanes of at least 4 members (excludes halogenated alkanes) is 2. The minimum absolute atomic E-state index is 0.0329. The molecule has 30 heavy (non-hydrogen) atoms. The molecular weight excluding hydrogens is 372 g/mol. The van der Waals surface area contributed by atoms with Crippen LogP contribution in [0.2, 0.25) is 0 Å². The van der Waals surface area contributed by atoms with E-state index >= 15 is 0 Å². The van der Waals surface area contributed by atoms with Crippen LogP contribution in [-0.2, 0) is 9.53 Å². The minimum atomic E-state index is 0.0329. The third kappa shape index (κ3) is 5.68. The quantitative estimate of drug-likeness (QED) is 0.269. The average Bonchev–Trinajstić information content (AvgIpc) is 3.01. The fourth-order valence-corrected chi connectivity index (χ4v) is 6.27. The molecule has 0 aromatic carbocycles. The van der Waals surface area contributed by atoms with E-state index < -0.39 is 0 Å². The number of allylic oxidation sites excluding steroid dienone is 1. The van der Waals surface area contributed by atoms with Crippen molar-refractivity contribution in [2.75, 3.05) is 32.7 Å². The highest BCUT2D eigenvalue weighted by Gasteiger charge is 2.54. The molecule has 3 aliphatic rings. The molecule has 3 rings (SSSR count). The zero-order chi connectivity index (χ0) is 21.6. The Morgan fingerprint density at radius 2 is 1.87 bits per heavy atom. The highest BCUT2D eigenvalue weighted by molar-refractivity contribution is 5.75. The van der Waals surface area contributed by atoms with Gasteiger partial charge >= 0.3 is 5.97 Å². The maximum Gasteiger partial charge on any atom is 0.310 e. The summed E-state index contributed by atoms with van der Waals surface area (Å²) in [5, 5.41) is 3.60. The first-order valence-electron chi connectivity index (χ1n) is 12.8. The number of rotatable bonds is 12. The number of carbonyl (C=O) groups excluding carboxylic acids is 1. The van der Waals surface area contributed by atoms with E-state index in [1.54, 1.807) is 0 Å². The van der Waals surface area contributed by atoms with E-state index in [0.717, 1.165) is 38.9 Å². The van der Waals surface area contributed by atoms with Crippen molar-refractivity contribution in [3.05, 3.63) is 12.2 Å². The second kappa shape index (κ2) is 11.1. The molecule has 1 heterocycles. The summed E-state index contributed by atoms with van der Waals surface area (Å²) in [5.41, 5.74) is 1.71. The van der Waals surface area contributed by atoms with Crippen molar-refractivity contribution >= 4 is 5.97 Å². The van der Waals surface area contributed by atoms with Gasteiger partial charge < -0.3 is 15.0 Å². The molecule has 0 aromatic heterocycles. The number of ether oxygens (including phenoxy) is 1. The summed E-state index contributed by atoms with van der Waals surface area (Å²) in [6.07, 6.45) is 12.2. The molecule has 2 saturated carbocycles. The van der Waals surface area contributed by atoms with Crippen LogP contribution in [0.1, 0.15) is 85.0 Å². The van der Waals surface area contributed by atoms with Crippen LogP contribution in [0.4, 0.5) is 0 Å². The molecule has 0 aromatic rings. The number of nitrogens with zero attached hydrogens (tertiary/aromatic N) is 1. The van der Waals surface area contributed by atoms with Crippen LogP contribution in [0.3, 0.4) is 0 Å². The van der Waals surface area contributed by atoms with Crippen LogP contribution >= 0.6 is 0 Å². The van der Waals surface area contributed by atoms with Crippen molar-refractivity contribution in [2.24, 2.45) is 23.2 Å². The summed E-state index contributed by atoms with van der Waals surface area (Å²) >= 11 is 0. The molecule has 172 valence electrons. The molecule has 1 saturated heterocycles. The number of hydrogen-bond donors (Lipinski definition) is 1. The third-order valence-corrected chi connectivity index (χ3v) is 8.17. The summed E-state index contributed by atoms with van der Waals surface area (Å²) in [6.45, 7) is 16.7. The van der Waals surface area contributed by atoms with Crippen LogP contribution < -0.4 is 5.32 Å². The molecule has 5 atom stereocenters. The van der Waals surface area contributed by atoms with Gasteiger partial charge in [0.2, 0.25) is 0 Å². The van der Waals surface area contributed by atoms with E-state index in [2.05, 4.69) is 37.6 Å². The van der Waals surface area contributed by atoms with Gasteiger partial charge in [0.05, 0.1) is 5.92 Å². The van der Waals surface area contributed by atoms with Gasteiger partial charge in [-0.05, 0) is 88.9 Å². The van der Waals surface area contributed by atoms with Gasteiger partial charge in [0.1, 0.15) is 6.10 Å². The zero-order valence-corrected chi connectivity index (χ0v) is 19.9. The predicted octanol–water partition coefficient (Wildman–Crippen LogP) is 5.18. The Morgan fingerprint density at radius 1 is 1.17 bits per heavy atom. The maximum atomic E-state index is 12.6. The standard InChI is InChI=1S/C26H46N2O2/c1-5-7-14-28(15-8-6-2)16-10-13-27-19-22-21-17-23-20(3)11-9-12-26(23,4)18-24(21)30-25(22)29/h21-24,27H,3,5-19H2,1-2,4H3/t21-,22+,23-,24+,26-/m1/s1. The van der Waals surface area contributed by atoms with E-state index in [9.17, 15) is 4.79 Å². The Labute approximate surface area is 185 Å². The Morgan fingerprint density at radius 3 is 2.57 bits per heavy atom. The molecule has 3 fully saturated rings. The summed E-state index contributed by atoms with van der Waals surface area (Å²) < 4.78 is 5.89. The monoisotopic (exact) mass is 418 g/mol. The first-order valence-corrected chi connectivity index (χ1v) is 12.8. The second-order valence-electron chi connectivity index (χ2n) is 10.5. The first-order chi connectivity index (χ1) is 14.5. The fraction of sp³-hybridized carbons (Fsp3) is 0.885. The number of nitrogens with one attached hydrogen (secondary N) is 1. The lowest BCUT2D eigenvalue weighted by Crippen LogP contribution is -2.45. The molecule has 0 spiro atoms. The molecule has 4 nitrogen and oxygen atoms in total.